The van der Waals surface area contributed by atoms with Crippen molar-refractivity contribution in [2.75, 3.05) is 18.1 Å². The van der Waals surface area contributed by atoms with Crippen LogP contribution in [0, 0.1) is 5.92 Å². The number of nitrogens with zero attached hydrogens (tertiary/aromatic N) is 1. The van der Waals surface area contributed by atoms with E-state index in [1.54, 1.807) is 0 Å². The summed E-state index contributed by atoms with van der Waals surface area (Å²) in [5, 5.41) is 9.22. The lowest BCUT2D eigenvalue weighted by molar-refractivity contribution is -0.108. The number of aldehydes is 1. The Morgan fingerprint density at radius 2 is 2.06 bits per heavy atom. The summed E-state index contributed by atoms with van der Waals surface area (Å²) in [5.41, 5.74) is 2.38. The average molecular weight is 247 g/mol. The Morgan fingerprint density at radius 3 is 2.56 bits per heavy atom. The highest BCUT2D eigenvalue weighted by Crippen LogP contribution is 2.29. The average Bonchev–Trinajstić information content (AvgIpc) is 2.82. The predicted molar refractivity (Wildman–Crippen MR) is 72.9 cm³/mol. The molecule has 1 aromatic carbocycles. The molecular weight excluding hydrogens is 226 g/mol. The summed E-state index contributed by atoms with van der Waals surface area (Å²) in [6.45, 7) is 5.26. The van der Waals surface area contributed by atoms with Crippen LogP contribution in [0.2, 0.25) is 0 Å². The van der Waals surface area contributed by atoms with Crippen molar-refractivity contribution >= 4 is 12.0 Å². The van der Waals surface area contributed by atoms with E-state index in [1.807, 2.05) is 0 Å². The zero-order chi connectivity index (χ0) is 13.1. The van der Waals surface area contributed by atoms with Gasteiger partial charge in [0.05, 0.1) is 6.04 Å². The van der Waals surface area contributed by atoms with Crippen molar-refractivity contribution in [3.05, 3.63) is 29.8 Å². The molecule has 0 saturated carbocycles. The lowest BCUT2D eigenvalue weighted by Gasteiger charge is -2.23. The number of aliphatic hydroxyl groups is 1. The van der Waals surface area contributed by atoms with Gasteiger partial charge < -0.3 is 14.8 Å². The third-order valence-electron chi connectivity index (χ3n) is 3.74. The van der Waals surface area contributed by atoms with Crippen molar-refractivity contribution < 1.29 is 9.90 Å². The van der Waals surface area contributed by atoms with Crippen LogP contribution in [0.25, 0.3) is 0 Å². The quantitative estimate of drug-likeness (QED) is 0.829. The Kier molecular flexibility index (Phi) is 4.02. The molecule has 1 N–H and O–H groups in total. The van der Waals surface area contributed by atoms with Gasteiger partial charge in [0.15, 0.2) is 0 Å². The normalized spacial score (nSPS) is 23.7. The molecule has 1 aromatic rings. The standard InChI is InChI=1S/C15H21NO2/c1-11(2)13-3-5-14(6-4-13)16-8-12(9-17)7-15(16)10-18/h3-6,10-12,15,17H,7-9H2,1-2H3. The van der Waals surface area contributed by atoms with Gasteiger partial charge in [-0.05, 0) is 30.0 Å². The van der Waals surface area contributed by atoms with Crippen LogP contribution in [0.15, 0.2) is 24.3 Å². The maximum absolute atomic E-state index is 11.1. The van der Waals surface area contributed by atoms with E-state index < -0.39 is 0 Å². The van der Waals surface area contributed by atoms with Crippen LogP contribution in [0.3, 0.4) is 0 Å². The monoisotopic (exact) mass is 247 g/mol. The van der Waals surface area contributed by atoms with Crippen molar-refractivity contribution in [2.45, 2.75) is 32.2 Å². The summed E-state index contributed by atoms with van der Waals surface area (Å²) >= 11 is 0. The molecule has 0 aliphatic carbocycles. The fraction of sp³-hybridized carbons (Fsp3) is 0.533. The summed E-state index contributed by atoms with van der Waals surface area (Å²) in [6, 6.07) is 8.30. The number of carbonyl (C=O) groups excluding carboxylic acids is 1. The van der Waals surface area contributed by atoms with E-state index in [-0.39, 0.29) is 18.6 Å². The second kappa shape index (κ2) is 5.53. The fourth-order valence-electron chi connectivity index (χ4n) is 2.57. The number of benzene rings is 1. The molecule has 3 nitrogen and oxygen atoms in total. The molecule has 2 rings (SSSR count). The minimum Gasteiger partial charge on any atom is -0.396 e. The molecule has 18 heavy (non-hydrogen) atoms. The number of hydrogen-bond donors (Lipinski definition) is 1. The molecule has 0 spiro atoms. The van der Waals surface area contributed by atoms with Crippen LogP contribution in [0.5, 0.6) is 0 Å². The Balaban J connectivity index is 2.17. The van der Waals surface area contributed by atoms with Crippen molar-refractivity contribution in [2.24, 2.45) is 5.92 Å². The molecule has 0 aromatic heterocycles. The van der Waals surface area contributed by atoms with Gasteiger partial charge in [-0.2, -0.15) is 0 Å². The van der Waals surface area contributed by atoms with E-state index in [0.29, 0.717) is 5.92 Å². The fourth-order valence-corrected chi connectivity index (χ4v) is 2.57. The molecular formula is C15H21NO2. The first-order chi connectivity index (χ1) is 8.65. The minimum absolute atomic E-state index is 0.0907. The number of anilines is 1. The summed E-state index contributed by atoms with van der Waals surface area (Å²) in [4.78, 5) is 13.2. The van der Waals surface area contributed by atoms with Crippen molar-refractivity contribution in [3.8, 4) is 0 Å². The van der Waals surface area contributed by atoms with Crippen LogP contribution in [0.1, 0.15) is 31.7 Å². The first-order valence-corrected chi connectivity index (χ1v) is 6.58. The summed E-state index contributed by atoms with van der Waals surface area (Å²) in [6.07, 6.45) is 1.75. The first kappa shape index (κ1) is 13.1. The third kappa shape index (κ3) is 2.56. The van der Waals surface area contributed by atoms with Crippen molar-refractivity contribution in [1.29, 1.82) is 0 Å². The molecule has 0 amide bonds. The largest absolute Gasteiger partial charge is 0.396 e. The lowest BCUT2D eigenvalue weighted by atomic mass is 10.0. The van der Waals surface area contributed by atoms with E-state index >= 15 is 0 Å². The molecule has 0 bridgehead atoms. The highest BCUT2D eigenvalue weighted by atomic mass is 16.3. The van der Waals surface area contributed by atoms with Gasteiger partial charge in [-0.15, -0.1) is 0 Å². The maximum Gasteiger partial charge on any atom is 0.142 e. The van der Waals surface area contributed by atoms with Crippen LogP contribution in [-0.4, -0.2) is 30.6 Å². The van der Waals surface area contributed by atoms with Gasteiger partial charge in [0.2, 0.25) is 0 Å². The number of aliphatic hydroxyl groups excluding tert-OH is 1. The second-order valence-electron chi connectivity index (χ2n) is 5.39. The van der Waals surface area contributed by atoms with Crippen LogP contribution in [0.4, 0.5) is 5.69 Å². The Hall–Kier alpha value is -1.35. The Bertz CT molecular complexity index is 399. The topological polar surface area (TPSA) is 40.5 Å². The van der Waals surface area contributed by atoms with Gasteiger partial charge in [-0.1, -0.05) is 26.0 Å². The van der Waals surface area contributed by atoms with Gasteiger partial charge in [0.25, 0.3) is 0 Å². The SMILES string of the molecule is CC(C)c1ccc(N2CC(CO)CC2C=O)cc1. The smallest absolute Gasteiger partial charge is 0.142 e. The summed E-state index contributed by atoms with van der Waals surface area (Å²) < 4.78 is 0. The van der Waals surface area contributed by atoms with E-state index in [0.717, 1.165) is 24.9 Å². The molecule has 0 radical (unpaired) electrons. The lowest BCUT2D eigenvalue weighted by Crippen LogP contribution is -2.30. The molecule has 1 aliphatic heterocycles. The number of rotatable bonds is 4. The van der Waals surface area contributed by atoms with Gasteiger partial charge >= 0.3 is 0 Å². The molecule has 98 valence electrons. The zero-order valence-corrected chi connectivity index (χ0v) is 11.0. The van der Waals surface area contributed by atoms with Crippen molar-refractivity contribution in [3.63, 3.8) is 0 Å². The number of carbonyl (C=O) groups is 1. The van der Waals surface area contributed by atoms with Crippen LogP contribution >= 0.6 is 0 Å². The van der Waals surface area contributed by atoms with E-state index in [1.165, 1.54) is 5.56 Å². The molecule has 2 unspecified atom stereocenters. The summed E-state index contributed by atoms with van der Waals surface area (Å²) in [5.74, 6) is 0.731. The van der Waals surface area contributed by atoms with Crippen LogP contribution < -0.4 is 4.90 Å². The molecule has 1 fully saturated rings. The zero-order valence-electron chi connectivity index (χ0n) is 11.0. The predicted octanol–water partition coefficient (Wildman–Crippen LogP) is 2.20. The van der Waals surface area contributed by atoms with E-state index in [9.17, 15) is 9.90 Å². The van der Waals surface area contributed by atoms with Crippen molar-refractivity contribution in [1.82, 2.24) is 0 Å². The Morgan fingerprint density at radius 1 is 1.39 bits per heavy atom. The van der Waals surface area contributed by atoms with Gasteiger partial charge in [-0.25, -0.2) is 0 Å². The van der Waals surface area contributed by atoms with Crippen LogP contribution in [-0.2, 0) is 4.79 Å². The molecule has 1 saturated heterocycles. The van der Waals surface area contributed by atoms with Gasteiger partial charge in [0, 0.05) is 24.8 Å². The highest BCUT2D eigenvalue weighted by Gasteiger charge is 2.31. The molecule has 3 heteroatoms. The molecule has 1 aliphatic rings. The summed E-state index contributed by atoms with van der Waals surface area (Å²) in [7, 11) is 0. The second-order valence-corrected chi connectivity index (χ2v) is 5.39. The molecule has 1 heterocycles. The van der Waals surface area contributed by atoms with E-state index in [2.05, 4.69) is 43.0 Å². The van der Waals surface area contributed by atoms with E-state index in [4.69, 9.17) is 0 Å². The molecule has 2 atom stereocenters. The highest BCUT2D eigenvalue weighted by molar-refractivity contribution is 5.67. The number of hydrogen-bond acceptors (Lipinski definition) is 3. The maximum atomic E-state index is 11.1. The minimum atomic E-state index is -0.0907. The van der Waals surface area contributed by atoms with Gasteiger partial charge in [0.1, 0.15) is 6.29 Å². The first-order valence-electron chi connectivity index (χ1n) is 6.58. The van der Waals surface area contributed by atoms with Gasteiger partial charge in [-0.3, -0.25) is 0 Å². The third-order valence-corrected chi connectivity index (χ3v) is 3.74. The Labute approximate surface area is 108 Å².